The van der Waals surface area contributed by atoms with Gasteiger partial charge in [-0.05, 0) is 49.2 Å². The van der Waals surface area contributed by atoms with Gasteiger partial charge in [-0.2, -0.15) is 5.10 Å². The van der Waals surface area contributed by atoms with Crippen LogP contribution in [0.5, 0.6) is 0 Å². The number of nitrogens with zero attached hydrogens (tertiary/aromatic N) is 2. The maximum Gasteiger partial charge on any atom is 0.229 e. The van der Waals surface area contributed by atoms with Crippen LogP contribution in [-0.2, 0) is 9.59 Å². The highest BCUT2D eigenvalue weighted by molar-refractivity contribution is 9.10. The van der Waals surface area contributed by atoms with Crippen LogP contribution in [0.15, 0.2) is 40.9 Å². The van der Waals surface area contributed by atoms with Gasteiger partial charge in [-0.1, -0.05) is 28.1 Å². The lowest BCUT2D eigenvalue weighted by atomic mass is 10.1. The molecule has 0 radical (unpaired) electrons. The minimum absolute atomic E-state index is 0.0903. The van der Waals surface area contributed by atoms with Gasteiger partial charge < -0.3 is 5.32 Å². The van der Waals surface area contributed by atoms with E-state index in [9.17, 15) is 9.59 Å². The Hall–Kier alpha value is -2.67. The van der Waals surface area contributed by atoms with Crippen LogP contribution < -0.4 is 10.2 Å². The van der Waals surface area contributed by atoms with Crippen molar-refractivity contribution in [2.24, 2.45) is 5.92 Å². The van der Waals surface area contributed by atoms with Crippen molar-refractivity contribution in [2.75, 3.05) is 16.8 Å². The van der Waals surface area contributed by atoms with Crippen molar-refractivity contribution in [2.45, 2.75) is 20.3 Å². The number of benzene rings is 2. The minimum Gasteiger partial charge on any atom is -0.326 e. The summed E-state index contributed by atoms with van der Waals surface area (Å²) in [5.41, 5.74) is 3.79. The molecule has 0 bridgehead atoms. The lowest BCUT2D eigenvalue weighted by Crippen LogP contribution is -2.28. The average molecular weight is 427 g/mol. The first kappa shape index (κ1) is 17.7. The Morgan fingerprint density at radius 2 is 2.11 bits per heavy atom. The Labute approximate surface area is 165 Å². The summed E-state index contributed by atoms with van der Waals surface area (Å²) in [7, 11) is 0. The van der Waals surface area contributed by atoms with Crippen LogP contribution in [0, 0.1) is 19.8 Å². The molecule has 2 N–H and O–H groups in total. The maximum absolute atomic E-state index is 12.7. The molecular weight excluding hydrogens is 408 g/mol. The normalized spacial score (nSPS) is 16.9. The average Bonchev–Trinajstić information content (AvgIpc) is 3.21. The summed E-state index contributed by atoms with van der Waals surface area (Å²) in [6.07, 6.45) is 0.182. The SMILES string of the molecule is Cc1cccc(NC(=O)C2CC(=O)N(c3n[nH]c4cc(Br)ccc34)C2)c1C. The Balaban J connectivity index is 1.55. The second kappa shape index (κ2) is 6.81. The fourth-order valence-corrected chi connectivity index (χ4v) is 3.75. The van der Waals surface area contributed by atoms with E-state index in [1.165, 1.54) is 0 Å². The highest BCUT2D eigenvalue weighted by Gasteiger charge is 2.37. The number of carbonyl (C=O) groups excluding carboxylic acids is 2. The van der Waals surface area contributed by atoms with E-state index in [1.54, 1.807) is 4.90 Å². The number of aryl methyl sites for hydroxylation is 1. The summed E-state index contributed by atoms with van der Waals surface area (Å²) >= 11 is 3.43. The van der Waals surface area contributed by atoms with Crippen LogP contribution in [0.2, 0.25) is 0 Å². The minimum atomic E-state index is -0.403. The van der Waals surface area contributed by atoms with Gasteiger partial charge in [0.25, 0.3) is 0 Å². The molecule has 138 valence electrons. The van der Waals surface area contributed by atoms with Crippen LogP contribution in [0.3, 0.4) is 0 Å². The second-order valence-electron chi connectivity index (χ2n) is 6.88. The van der Waals surface area contributed by atoms with Crippen LogP contribution in [-0.4, -0.2) is 28.6 Å². The van der Waals surface area contributed by atoms with E-state index in [1.807, 2.05) is 50.2 Å². The number of amides is 2. The van der Waals surface area contributed by atoms with Gasteiger partial charge in [0.2, 0.25) is 11.8 Å². The van der Waals surface area contributed by atoms with E-state index in [4.69, 9.17) is 0 Å². The molecule has 7 heteroatoms. The molecule has 2 aromatic carbocycles. The van der Waals surface area contributed by atoms with Crippen LogP contribution in [0.4, 0.5) is 11.5 Å². The zero-order valence-electron chi connectivity index (χ0n) is 15.0. The molecule has 6 nitrogen and oxygen atoms in total. The first-order chi connectivity index (χ1) is 12.9. The van der Waals surface area contributed by atoms with Gasteiger partial charge in [-0.3, -0.25) is 19.6 Å². The summed E-state index contributed by atoms with van der Waals surface area (Å²) in [5.74, 6) is -0.0567. The van der Waals surface area contributed by atoms with E-state index >= 15 is 0 Å². The number of H-pyrrole nitrogens is 1. The number of aromatic amines is 1. The summed E-state index contributed by atoms with van der Waals surface area (Å²) < 4.78 is 0.934. The molecule has 2 amide bonds. The van der Waals surface area contributed by atoms with E-state index in [-0.39, 0.29) is 18.2 Å². The molecular formula is C20H19BrN4O2. The third-order valence-electron chi connectivity index (χ3n) is 5.12. The monoisotopic (exact) mass is 426 g/mol. The Morgan fingerprint density at radius 1 is 1.30 bits per heavy atom. The van der Waals surface area contributed by atoms with Crippen molar-refractivity contribution in [1.29, 1.82) is 0 Å². The Morgan fingerprint density at radius 3 is 2.93 bits per heavy atom. The fraction of sp³-hybridized carbons (Fsp3) is 0.250. The third-order valence-corrected chi connectivity index (χ3v) is 5.61. The van der Waals surface area contributed by atoms with Gasteiger partial charge in [0, 0.05) is 28.5 Å². The maximum atomic E-state index is 12.7. The predicted octanol–water partition coefficient (Wildman–Crippen LogP) is 3.93. The van der Waals surface area contributed by atoms with E-state index in [0.29, 0.717) is 12.4 Å². The Bertz CT molecular complexity index is 1060. The van der Waals surface area contributed by atoms with E-state index < -0.39 is 5.92 Å². The molecule has 1 saturated heterocycles. The van der Waals surface area contributed by atoms with Gasteiger partial charge in [0.1, 0.15) is 0 Å². The van der Waals surface area contributed by atoms with Crippen LogP contribution in [0.1, 0.15) is 17.5 Å². The standard InChI is InChI=1S/C20H19BrN4O2/c1-11-4-3-5-16(12(11)2)22-20(27)13-8-18(26)25(10-13)19-15-7-6-14(21)9-17(15)23-24-19/h3-7,9,13H,8,10H2,1-2H3,(H,22,27)(H,23,24). The molecule has 2 heterocycles. The van der Waals surface area contributed by atoms with Crippen molar-refractivity contribution in [1.82, 2.24) is 10.2 Å². The third kappa shape index (κ3) is 3.23. The smallest absolute Gasteiger partial charge is 0.229 e. The lowest BCUT2D eigenvalue weighted by Gasteiger charge is -2.15. The summed E-state index contributed by atoms with van der Waals surface area (Å²) in [4.78, 5) is 26.9. The highest BCUT2D eigenvalue weighted by Crippen LogP contribution is 2.31. The molecule has 1 aliphatic heterocycles. The quantitative estimate of drug-likeness (QED) is 0.665. The number of nitrogens with one attached hydrogen (secondary N) is 2. The van der Waals surface area contributed by atoms with Crippen molar-refractivity contribution in [3.8, 4) is 0 Å². The van der Waals surface area contributed by atoms with Gasteiger partial charge in [-0.15, -0.1) is 0 Å². The molecule has 0 saturated carbocycles. The molecule has 1 fully saturated rings. The van der Waals surface area contributed by atoms with Gasteiger partial charge >= 0.3 is 0 Å². The second-order valence-corrected chi connectivity index (χ2v) is 7.79. The molecule has 1 aliphatic rings. The highest BCUT2D eigenvalue weighted by atomic mass is 79.9. The fourth-order valence-electron chi connectivity index (χ4n) is 3.39. The number of halogens is 1. The Kier molecular flexibility index (Phi) is 4.47. The molecule has 1 atom stereocenters. The molecule has 27 heavy (non-hydrogen) atoms. The van der Waals surface area contributed by atoms with Gasteiger partial charge in [-0.25, -0.2) is 0 Å². The van der Waals surface area contributed by atoms with Crippen LogP contribution in [0.25, 0.3) is 10.9 Å². The zero-order chi connectivity index (χ0) is 19.1. The molecule has 1 unspecified atom stereocenters. The lowest BCUT2D eigenvalue weighted by molar-refractivity contribution is -0.122. The number of carbonyl (C=O) groups is 2. The van der Waals surface area contributed by atoms with E-state index in [2.05, 4.69) is 31.4 Å². The van der Waals surface area contributed by atoms with Crippen molar-refractivity contribution in [3.05, 3.63) is 52.0 Å². The van der Waals surface area contributed by atoms with Crippen molar-refractivity contribution >= 4 is 50.2 Å². The predicted molar refractivity (Wildman–Crippen MR) is 109 cm³/mol. The van der Waals surface area contributed by atoms with Crippen molar-refractivity contribution in [3.63, 3.8) is 0 Å². The molecule has 3 aromatic rings. The zero-order valence-corrected chi connectivity index (χ0v) is 16.6. The van der Waals surface area contributed by atoms with Gasteiger partial charge in [0.15, 0.2) is 5.82 Å². The molecule has 0 aliphatic carbocycles. The number of hydrogen-bond donors (Lipinski definition) is 2. The topological polar surface area (TPSA) is 78.1 Å². The number of aromatic nitrogens is 2. The summed E-state index contributed by atoms with van der Waals surface area (Å²) in [6, 6.07) is 11.5. The first-order valence-electron chi connectivity index (χ1n) is 8.75. The first-order valence-corrected chi connectivity index (χ1v) is 9.54. The van der Waals surface area contributed by atoms with Gasteiger partial charge in [0.05, 0.1) is 11.4 Å². The summed E-state index contributed by atoms with van der Waals surface area (Å²) in [5, 5.41) is 11.1. The molecule has 1 aromatic heterocycles. The van der Waals surface area contributed by atoms with E-state index in [0.717, 1.165) is 32.2 Å². The molecule has 0 spiro atoms. The number of rotatable bonds is 3. The summed E-state index contributed by atoms with van der Waals surface area (Å²) in [6.45, 7) is 4.31. The van der Waals surface area contributed by atoms with Crippen LogP contribution >= 0.6 is 15.9 Å². The molecule has 4 rings (SSSR count). The number of fused-ring (bicyclic) bond motifs is 1. The largest absolute Gasteiger partial charge is 0.326 e. The number of anilines is 2. The van der Waals surface area contributed by atoms with Crippen molar-refractivity contribution < 1.29 is 9.59 Å². The number of hydrogen-bond acceptors (Lipinski definition) is 3.